The van der Waals surface area contributed by atoms with E-state index in [-0.39, 0.29) is 12.1 Å². The number of rotatable bonds is 7. The summed E-state index contributed by atoms with van der Waals surface area (Å²) in [6, 6.07) is 5.89. The van der Waals surface area contributed by atoms with Gasteiger partial charge in [-0.3, -0.25) is 0 Å². The van der Waals surface area contributed by atoms with Crippen molar-refractivity contribution >= 4 is 11.6 Å². The molecule has 20 heavy (non-hydrogen) atoms. The van der Waals surface area contributed by atoms with Gasteiger partial charge < -0.3 is 14.8 Å². The zero-order chi connectivity index (χ0) is 15.2. The fraction of sp³-hybridized carbons (Fsp3) is 0.500. The first-order chi connectivity index (χ1) is 9.33. The molecule has 1 aromatic carbocycles. The molecule has 0 saturated heterocycles. The van der Waals surface area contributed by atoms with Gasteiger partial charge >= 0.3 is 0 Å². The van der Waals surface area contributed by atoms with Crippen LogP contribution < -0.4 is 14.8 Å². The molecule has 4 heteroatoms. The molecule has 0 aliphatic rings. The highest BCUT2D eigenvalue weighted by Crippen LogP contribution is 2.32. The average Bonchev–Trinajstić information content (AvgIpc) is 2.34. The van der Waals surface area contributed by atoms with Gasteiger partial charge in [0, 0.05) is 22.7 Å². The highest BCUT2D eigenvalue weighted by atomic mass is 35.5. The average molecular weight is 298 g/mol. The number of hydrogen-bond donors (Lipinski definition) is 1. The first-order valence-electron chi connectivity index (χ1n) is 6.79. The second-order valence-electron chi connectivity index (χ2n) is 5.59. The molecule has 0 radical (unpaired) electrons. The summed E-state index contributed by atoms with van der Waals surface area (Å²) in [7, 11) is 0. The Balaban J connectivity index is 2.95. The van der Waals surface area contributed by atoms with Crippen LogP contribution in [0.25, 0.3) is 0 Å². The number of halogens is 1. The topological polar surface area (TPSA) is 30.5 Å². The van der Waals surface area contributed by atoms with E-state index >= 15 is 0 Å². The predicted octanol–water partition coefficient (Wildman–Crippen LogP) is 4.10. The molecule has 0 bridgehead atoms. The van der Waals surface area contributed by atoms with Crippen molar-refractivity contribution in [3.8, 4) is 11.5 Å². The van der Waals surface area contributed by atoms with Crippen molar-refractivity contribution < 1.29 is 9.47 Å². The Kier molecular flexibility index (Phi) is 6.37. The molecule has 112 valence electrons. The first-order valence-corrected chi connectivity index (χ1v) is 7.17. The van der Waals surface area contributed by atoms with Crippen molar-refractivity contribution in [2.75, 3.05) is 13.2 Å². The van der Waals surface area contributed by atoms with E-state index in [0.717, 1.165) is 17.1 Å². The van der Waals surface area contributed by atoms with Gasteiger partial charge in [0.15, 0.2) is 11.5 Å². The van der Waals surface area contributed by atoms with E-state index in [4.69, 9.17) is 21.1 Å². The van der Waals surface area contributed by atoms with Crippen molar-refractivity contribution in [3.05, 3.63) is 35.4 Å². The summed E-state index contributed by atoms with van der Waals surface area (Å²) in [6.45, 7) is 13.5. The molecule has 0 saturated carbocycles. The third kappa shape index (κ3) is 5.85. The Morgan fingerprint density at radius 2 is 2.00 bits per heavy atom. The number of nitrogens with one attached hydrogen (secondary N) is 1. The Hall–Kier alpha value is -1.19. The molecule has 0 atom stereocenters. The first kappa shape index (κ1) is 16.9. The van der Waals surface area contributed by atoms with Gasteiger partial charge in [-0.2, -0.15) is 0 Å². The molecule has 0 heterocycles. The fourth-order valence-corrected chi connectivity index (χ4v) is 1.70. The molecule has 0 aromatic heterocycles. The zero-order valence-electron chi connectivity index (χ0n) is 12.8. The summed E-state index contributed by atoms with van der Waals surface area (Å²) >= 11 is 5.78. The predicted molar refractivity (Wildman–Crippen MR) is 84.7 cm³/mol. The van der Waals surface area contributed by atoms with Crippen LogP contribution in [0, 0.1) is 0 Å². The van der Waals surface area contributed by atoms with E-state index in [1.165, 1.54) is 0 Å². The molecular formula is C16H24ClNO2. The van der Waals surface area contributed by atoms with Crippen molar-refractivity contribution in [2.24, 2.45) is 0 Å². The van der Waals surface area contributed by atoms with Crippen LogP contribution in [0.15, 0.2) is 29.8 Å². The SMILES string of the molecule is C=C(Cl)COc1c(CNC(C)(C)C)cccc1OCC. The van der Waals surface area contributed by atoms with Crippen molar-refractivity contribution in [1.29, 1.82) is 0 Å². The number of para-hydroxylation sites is 1. The Morgan fingerprint density at radius 1 is 1.30 bits per heavy atom. The van der Waals surface area contributed by atoms with Gasteiger partial charge in [0.25, 0.3) is 0 Å². The van der Waals surface area contributed by atoms with E-state index in [1.54, 1.807) is 0 Å². The highest BCUT2D eigenvalue weighted by Gasteiger charge is 2.14. The third-order valence-corrected chi connectivity index (χ3v) is 2.65. The maximum atomic E-state index is 5.78. The lowest BCUT2D eigenvalue weighted by Gasteiger charge is -2.22. The minimum atomic E-state index is 0.0367. The van der Waals surface area contributed by atoms with Gasteiger partial charge in [0.2, 0.25) is 0 Å². The molecule has 0 fully saturated rings. The van der Waals surface area contributed by atoms with Gasteiger partial charge in [-0.25, -0.2) is 0 Å². The van der Waals surface area contributed by atoms with Crippen molar-refractivity contribution in [3.63, 3.8) is 0 Å². The monoisotopic (exact) mass is 297 g/mol. The molecular weight excluding hydrogens is 274 g/mol. The number of ether oxygens (including phenoxy) is 2. The van der Waals surface area contributed by atoms with E-state index in [9.17, 15) is 0 Å². The Bertz CT molecular complexity index is 452. The summed E-state index contributed by atoms with van der Waals surface area (Å²) in [6.07, 6.45) is 0. The maximum Gasteiger partial charge on any atom is 0.166 e. The fourth-order valence-electron chi connectivity index (χ4n) is 1.64. The molecule has 0 aliphatic heterocycles. The summed E-state index contributed by atoms with van der Waals surface area (Å²) in [4.78, 5) is 0. The maximum absolute atomic E-state index is 5.78. The lowest BCUT2D eigenvalue weighted by atomic mass is 10.1. The summed E-state index contributed by atoms with van der Waals surface area (Å²) in [5, 5.41) is 3.91. The van der Waals surface area contributed by atoms with Gasteiger partial charge in [0.1, 0.15) is 6.61 Å². The third-order valence-electron chi connectivity index (χ3n) is 2.54. The van der Waals surface area contributed by atoms with Crippen LogP contribution in [-0.4, -0.2) is 18.8 Å². The van der Waals surface area contributed by atoms with E-state index in [1.807, 2.05) is 25.1 Å². The molecule has 0 aliphatic carbocycles. The molecule has 1 aromatic rings. The van der Waals surface area contributed by atoms with Crippen LogP contribution in [0.4, 0.5) is 0 Å². The zero-order valence-corrected chi connectivity index (χ0v) is 13.5. The van der Waals surface area contributed by atoms with Crippen LogP contribution in [-0.2, 0) is 6.54 Å². The Morgan fingerprint density at radius 3 is 2.55 bits per heavy atom. The quantitative estimate of drug-likeness (QED) is 0.822. The minimum Gasteiger partial charge on any atom is -0.490 e. The Labute approximate surface area is 126 Å². The van der Waals surface area contributed by atoms with E-state index in [2.05, 4.69) is 32.7 Å². The van der Waals surface area contributed by atoms with Gasteiger partial charge in [-0.1, -0.05) is 30.3 Å². The molecule has 0 unspecified atom stereocenters. The van der Waals surface area contributed by atoms with Crippen LogP contribution in [0.2, 0.25) is 0 Å². The molecule has 0 amide bonds. The second kappa shape index (κ2) is 7.55. The van der Waals surface area contributed by atoms with E-state index in [0.29, 0.717) is 18.2 Å². The smallest absolute Gasteiger partial charge is 0.166 e. The van der Waals surface area contributed by atoms with Gasteiger partial charge in [-0.05, 0) is 33.8 Å². The molecule has 0 spiro atoms. The minimum absolute atomic E-state index is 0.0367. The largest absolute Gasteiger partial charge is 0.490 e. The molecule has 1 N–H and O–H groups in total. The van der Waals surface area contributed by atoms with Crippen LogP contribution >= 0.6 is 11.6 Å². The number of hydrogen-bond acceptors (Lipinski definition) is 3. The van der Waals surface area contributed by atoms with Crippen LogP contribution in [0.5, 0.6) is 11.5 Å². The van der Waals surface area contributed by atoms with E-state index < -0.39 is 0 Å². The lowest BCUT2D eigenvalue weighted by molar-refractivity contribution is 0.291. The number of benzene rings is 1. The standard InChI is InChI=1S/C16H24ClNO2/c1-6-19-14-9-7-8-13(10-18-16(3,4)5)15(14)20-11-12(2)17/h7-9,18H,2,6,10-11H2,1,3-5H3. The molecule has 1 rings (SSSR count). The lowest BCUT2D eigenvalue weighted by Crippen LogP contribution is -2.35. The summed E-state index contributed by atoms with van der Waals surface area (Å²) in [5.74, 6) is 1.46. The van der Waals surface area contributed by atoms with Gasteiger partial charge in [0.05, 0.1) is 6.61 Å². The van der Waals surface area contributed by atoms with Gasteiger partial charge in [-0.15, -0.1) is 0 Å². The van der Waals surface area contributed by atoms with Crippen LogP contribution in [0.1, 0.15) is 33.3 Å². The second-order valence-corrected chi connectivity index (χ2v) is 6.12. The molecule has 3 nitrogen and oxygen atoms in total. The summed E-state index contributed by atoms with van der Waals surface area (Å²) < 4.78 is 11.4. The van der Waals surface area contributed by atoms with Crippen molar-refractivity contribution in [1.82, 2.24) is 5.32 Å². The highest BCUT2D eigenvalue weighted by molar-refractivity contribution is 6.29. The van der Waals surface area contributed by atoms with Crippen LogP contribution in [0.3, 0.4) is 0 Å². The normalized spacial score (nSPS) is 11.2. The summed E-state index contributed by atoms with van der Waals surface area (Å²) in [5.41, 5.74) is 1.08. The van der Waals surface area contributed by atoms with Crippen molar-refractivity contribution in [2.45, 2.75) is 39.8 Å².